The van der Waals surface area contributed by atoms with Crippen molar-refractivity contribution in [3.05, 3.63) is 101 Å². The van der Waals surface area contributed by atoms with Crippen LogP contribution in [0.15, 0.2) is 78.9 Å². The van der Waals surface area contributed by atoms with E-state index in [4.69, 9.17) is 4.74 Å². The summed E-state index contributed by atoms with van der Waals surface area (Å²) >= 11 is 0. The molecular weight excluding hydrogens is 758 g/mol. The van der Waals surface area contributed by atoms with Crippen LogP contribution in [0, 0.1) is 5.92 Å². The first-order chi connectivity index (χ1) is 26.4. The van der Waals surface area contributed by atoms with Gasteiger partial charge in [-0.3, -0.25) is 19.8 Å². The molecule has 3 aromatic rings. The molecule has 20 nitrogen and oxygen atoms in total. The Balaban J connectivity index is 1.61. The first-order valence-corrected chi connectivity index (χ1v) is 17.5. The number of hydrogen-bond donors (Lipinski definition) is 15. The smallest absolute Gasteiger partial charge is 0.326 e. The maximum atomic E-state index is 13.8. The van der Waals surface area contributed by atoms with Gasteiger partial charge >= 0.3 is 35.6 Å². The molecule has 0 spiro atoms. The van der Waals surface area contributed by atoms with Crippen LogP contribution in [0.5, 0.6) is 5.75 Å². The lowest BCUT2D eigenvalue weighted by atomic mass is 9.85. The van der Waals surface area contributed by atoms with E-state index < -0.39 is 101 Å². The SMILES string of the molecule is CCC(C(=O)NC(Cc1ccccc1)CC(O)C(CC(=O)COc1c(C(O)(O)O)cccc1C(O)(O)O)Cc1ccccc1)N1C(=O)NC(O)(O)C(O)(O)C1(O)O. The second kappa shape index (κ2) is 17.5. The summed E-state index contributed by atoms with van der Waals surface area (Å²) in [5.41, 5.74) is -0.381. The summed E-state index contributed by atoms with van der Waals surface area (Å²) in [4.78, 5) is 40.0. The van der Waals surface area contributed by atoms with Crippen molar-refractivity contribution in [1.82, 2.24) is 15.5 Å². The van der Waals surface area contributed by atoms with Crippen molar-refractivity contribution < 1.29 is 85.5 Å². The lowest BCUT2D eigenvalue weighted by Gasteiger charge is -2.52. The zero-order valence-corrected chi connectivity index (χ0v) is 30.5. The van der Waals surface area contributed by atoms with Gasteiger partial charge in [-0.1, -0.05) is 73.7 Å². The number of rotatable bonds is 18. The van der Waals surface area contributed by atoms with Crippen molar-refractivity contribution in [2.45, 2.75) is 86.8 Å². The molecule has 20 heteroatoms. The third-order valence-corrected chi connectivity index (χ3v) is 9.48. The van der Waals surface area contributed by atoms with Gasteiger partial charge in [-0.2, -0.15) is 0 Å². The van der Waals surface area contributed by atoms with Crippen LogP contribution < -0.4 is 15.4 Å². The second-order valence-electron chi connectivity index (χ2n) is 13.8. The van der Waals surface area contributed by atoms with Crippen molar-refractivity contribution in [2.24, 2.45) is 5.92 Å². The Morgan fingerprint density at radius 2 is 1.30 bits per heavy atom. The van der Waals surface area contributed by atoms with Crippen molar-refractivity contribution in [3.8, 4) is 5.75 Å². The Morgan fingerprint density at radius 3 is 1.79 bits per heavy atom. The molecule has 4 rings (SSSR count). The van der Waals surface area contributed by atoms with Gasteiger partial charge in [0.05, 0.1) is 17.2 Å². The predicted octanol–water partition coefficient (Wildman–Crippen LogP) is -3.70. The van der Waals surface area contributed by atoms with Crippen molar-refractivity contribution >= 4 is 17.7 Å². The number of para-hydroxylation sites is 1. The minimum absolute atomic E-state index is 0.0289. The van der Waals surface area contributed by atoms with E-state index in [2.05, 4.69) is 5.32 Å². The number of aliphatic hydroxyl groups is 13. The zero-order chi connectivity index (χ0) is 42.6. The molecule has 4 atom stereocenters. The summed E-state index contributed by atoms with van der Waals surface area (Å²) in [5, 5.41) is 136. The van der Waals surface area contributed by atoms with Gasteiger partial charge in [0.25, 0.3) is 0 Å². The molecule has 3 aromatic carbocycles. The van der Waals surface area contributed by atoms with E-state index in [-0.39, 0.29) is 30.6 Å². The predicted molar refractivity (Wildman–Crippen MR) is 191 cm³/mol. The standard InChI is InChI=1S/C37H47N3O17/c1-2-28(40-32(44)39-36(53,54)35(51,52)37(40,55)56)31(43)38-24(17-22-12-7-4-8-13-22)19-29(42)23(16-21-10-5-3-6-11-21)18-25(41)20-57-30-26(33(45,46)47)14-9-15-27(30)34(48,49)50/h3-15,23-24,28-29,42,45-56H,2,16-20H2,1H3,(H,38,43)(H,39,44). The molecule has 1 aliphatic rings. The molecule has 4 unspecified atom stereocenters. The van der Waals surface area contributed by atoms with Crippen molar-refractivity contribution in [2.75, 3.05) is 6.61 Å². The molecule has 0 radical (unpaired) electrons. The van der Waals surface area contributed by atoms with Gasteiger partial charge in [-0.05, 0) is 54.9 Å². The summed E-state index contributed by atoms with van der Waals surface area (Å²) in [7, 11) is 0. The van der Waals surface area contributed by atoms with E-state index in [9.17, 15) is 80.8 Å². The number of amides is 3. The maximum Gasteiger partial charge on any atom is 0.326 e. The van der Waals surface area contributed by atoms with Gasteiger partial charge in [-0.15, -0.1) is 0 Å². The van der Waals surface area contributed by atoms with Gasteiger partial charge in [-0.25, -0.2) is 4.79 Å². The molecule has 15 N–H and O–H groups in total. The average molecular weight is 806 g/mol. The summed E-state index contributed by atoms with van der Waals surface area (Å²) in [6, 6.07) is 15.4. The zero-order valence-electron chi connectivity index (χ0n) is 30.5. The Labute approximate surface area is 324 Å². The van der Waals surface area contributed by atoms with Crippen LogP contribution in [0.4, 0.5) is 4.79 Å². The molecule has 1 heterocycles. The van der Waals surface area contributed by atoms with Crippen LogP contribution in [-0.4, -0.2) is 131 Å². The molecule has 1 saturated heterocycles. The highest BCUT2D eigenvalue weighted by atomic mass is 16.7. The molecule has 1 fully saturated rings. The molecule has 0 saturated carbocycles. The third-order valence-electron chi connectivity index (χ3n) is 9.48. The van der Waals surface area contributed by atoms with Crippen molar-refractivity contribution in [1.29, 1.82) is 0 Å². The summed E-state index contributed by atoms with van der Waals surface area (Å²) in [6.07, 6.45) is -2.41. The van der Waals surface area contributed by atoms with Gasteiger partial charge < -0.3 is 76.4 Å². The molecule has 0 bridgehead atoms. The molecule has 57 heavy (non-hydrogen) atoms. The molecule has 3 amide bonds. The van der Waals surface area contributed by atoms with Crippen LogP contribution in [0.2, 0.25) is 0 Å². The Bertz CT molecular complexity index is 1810. The molecule has 0 aliphatic carbocycles. The van der Waals surface area contributed by atoms with E-state index in [1.807, 2.05) is 0 Å². The van der Waals surface area contributed by atoms with Gasteiger partial charge in [0.15, 0.2) is 5.78 Å². The molecule has 312 valence electrons. The number of hydrogen-bond acceptors (Lipinski definition) is 17. The number of carbonyl (C=O) groups is 3. The minimum Gasteiger partial charge on any atom is -0.485 e. The van der Waals surface area contributed by atoms with E-state index in [0.29, 0.717) is 11.1 Å². The lowest BCUT2D eigenvalue weighted by Crippen LogP contribution is -2.86. The molecule has 1 aliphatic heterocycles. The van der Waals surface area contributed by atoms with Gasteiger partial charge in [0, 0.05) is 12.5 Å². The fraction of sp³-hybridized carbons (Fsp3) is 0.432. The van der Waals surface area contributed by atoms with E-state index in [0.717, 1.165) is 18.2 Å². The van der Waals surface area contributed by atoms with Crippen LogP contribution in [-0.2, 0) is 34.4 Å². The number of aliphatic hydroxyl groups excluding tert-OH is 1. The van der Waals surface area contributed by atoms with Gasteiger partial charge in [0.2, 0.25) is 5.91 Å². The number of nitrogens with zero attached hydrogens (tertiary/aromatic N) is 1. The first-order valence-electron chi connectivity index (χ1n) is 17.5. The number of nitrogens with one attached hydrogen (secondary N) is 2. The molecular formula is C37H47N3O17. The molecule has 0 aromatic heterocycles. The fourth-order valence-corrected chi connectivity index (χ4v) is 6.54. The number of ether oxygens (including phenoxy) is 1. The largest absolute Gasteiger partial charge is 0.485 e. The number of benzene rings is 3. The maximum absolute atomic E-state index is 13.8. The van der Waals surface area contributed by atoms with E-state index in [1.165, 1.54) is 12.2 Å². The fourth-order valence-electron chi connectivity index (χ4n) is 6.54. The number of Topliss-reactive ketones (excluding diaryl/α,β-unsaturated/α-hetero) is 1. The Morgan fingerprint density at radius 1 is 0.789 bits per heavy atom. The lowest BCUT2D eigenvalue weighted by molar-refractivity contribution is -0.495. The number of carbonyl (C=O) groups excluding carboxylic acids is 3. The summed E-state index contributed by atoms with van der Waals surface area (Å²) < 4.78 is 5.38. The van der Waals surface area contributed by atoms with Crippen LogP contribution in [0.1, 0.15) is 48.4 Å². The Hall–Kier alpha value is -4.65. The first kappa shape index (κ1) is 45.1. The average Bonchev–Trinajstić information content (AvgIpc) is 3.11. The van der Waals surface area contributed by atoms with Crippen molar-refractivity contribution in [3.63, 3.8) is 0 Å². The minimum atomic E-state index is -4.24. The second-order valence-corrected chi connectivity index (χ2v) is 13.8. The third kappa shape index (κ3) is 10.5. The monoisotopic (exact) mass is 805 g/mol. The van der Waals surface area contributed by atoms with Crippen LogP contribution in [0.25, 0.3) is 0 Å². The highest BCUT2D eigenvalue weighted by Gasteiger charge is 2.72. The quantitative estimate of drug-likeness (QED) is 0.0550. The van der Waals surface area contributed by atoms with Gasteiger partial charge in [0.1, 0.15) is 18.4 Å². The summed E-state index contributed by atoms with van der Waals surface area (Å²) in [5.74, 6) is -23.1. The summed E-state index contributed by atoms with van der Waals surface area (Å²) in [6.45, 7) is 0.428. The number of urea groups is 1. The number of ketones is 1. The van der Waals surface area contributed by atoms with E-state index >= 15 is 0 Å². The van der Waals surface area contributed by atoms with E-state index in [1.54, 1.807) is 60.7 Å². The van der Waals surface area contributed by atoms with Crippen LogP contribution in [0.3, 0.4) is 0 Å². The topological polar surface area (TPSA) is 351 Å². The Kier molecular flexibility index (Phi) is 13.8. The van der Waals surface area contributed by atoms with Crippen LogP contribution >= 0.6 is 0 Å². The highest BCUT2D eigenvalue weighted by molar-refractivity contribution is 5.88. The highest BCUT2D eigenvalue weighted by Crippen LogP contribution is 2.37. The normalized spacial score (nSPS) is 18.5.